The first-order chi connectivity index (χ1) is 9.22. The van der Waals surface area contributed by atoms with Crippen molar-refractivity contribution in [3.8, 4) is 0 Å². The highest BCUT2D eigenvalue weighted by Crippen LogP contribution is 2.39. The van der Waals surface area contributed by atoms with Gasteiger partial charge in [0.1, 0.15) is 0 Å². The van der Waals surface area contributed by atoms with Crippen LogP contribution in [0, 0.1) is 0 Å². The van der Waals surface area contributed by atoms with Crippen LogP contribution in [0.25, 0.3) is 0 Å². The molecule has 0 bridgehead atoms. The van der Waals surface area contributed by atoms with Gasteiger partial charge in [-0.1, -0.05) is 54.6 Å². The Labute approximate surface area is 111 Å². The van der Waals surface area contributed by atoms with Gasteiger partial charge in [0.05, 0.1) is 12.0 Å². The predicted octanol–water partition coefficient (Wildman–Crippen LogP) is 2.51. The van der Waals surface area contributed by atoms with Crippen molar-refractivity contribution in [2.75, 3.05) is 0 Å². The first-order valence-electron chi connectivity index (χ1n) is 6.33. The normalized spacial score (nSPS) is 21.1. The number of rotatable bonds is 3. The minimum absolute atomic E-state index is 0.0496. The van der Waals surface area contributed by atoms with E-state index in [1.165, 1.54) is 5.56 Å². The Bertz CT molecular complexity index is 609. The third kappa shape index (κ3) is 1.92. The summed E-state index contributed by atoms with van der Waals surface area (Å²) in [6, 6.07) is 17.8. The third-order valence-electron chi connectivity index (χ3n) is 3.74. The second-order valence-corrected chi connectivity index (χ2v) is 4.85. The number of fused-ring (bicyclic) bond motifs is 1. The summed E-state index contributed by atoms with van der Waals surface area (Å²) in [7, 11) is 0. The van der Waals surface area contributed by atoms with E-state index in [1.54, 1.807) is 0 Å². The summed E-state index contributed by atoms with van der Waals surface area (Å²) in [6.45, 7) is 0.707. The molecule has 19 heavy (non-hydrogen) atoms. The van der Waals surface area contributed by atoms with Crippen LogP contribution in [0.2, 0.25) is 0 Å². The van der Waals surface area contributed by atoms with Crippen LogP contribution in [0.3, 0.4) is 0 Å². The van der Waals surface area contributed by atoms with Gasteiger partial charge in [0.15, 0.2) is 0 Å². The number of carboxylic acid groups (broad SMARTS) is 1. The van der Waals surface area contributed by atoms with Gasteiger partial charge >= 0.3 is 5.97 Å². The molecule has 0 aromatic heterocycles. The third-order valence-corrected chi connectivity index (χ3v) is 3.74. The average molecular weight is 253 g/mol. The molecule has 0 radical (unpaired) electrons. The Hall–Kier alpha value is -2.13. The van der Waals surface area contributed by atoms with Crippen molar-refractivity contribution < 1.29 is 9.90 Å². The monoisotopic (exact) mass is 253 g/mol. The lowest BCUT2D eigenvalue weighted by Crippen LogP contribution is -2.40. The highest BCUT2D eigenvalue weighted by molar-refractivity contribution is 5.71. The van der Waals surface area contributed by atoms with Crippen molar-refractivity contribution in [2.24, 2.45) is 0 Å². The van der Waals surface area contributed by atoms with Crippen LogP contribution in [-0.2, 0) is 16.9 Å². The highest BCUT2D eigenvalue weighted by atomic mass is 16.4. The molecule has 1 aliphatic rings. The molecule has 1 unspecified atom stereocenters. The summed E-state index contributed by atoms with van der Waals surface area (Å²) in [5.41, 5.74) is 2.64. The number of nitrogens with one attached hydrogen (secondary N) is 1. The predicted molar refractivity (Wildman–Crippen MR) is 72.8 cm³/mol. The maximum Gasteiger partial charge on any atom is 0.305 e. The quantitative estimate of drug-likeness (QED) is 0.883. The summed E-state index contributed by atoms with van der Waals surface area (Å²) in [6.07, 6.45) is 0.0496. The molecule has 0 saturated heterocycles. The van der Waals surface area contributed by atoms with E-state index in [2.05, 4.69) is 11.4 Å². The Morgan fingerprint density at radius 3 is 2.53 bits per heavy atom. The van der Waals surface area contributed by atoms with Crippen LogP contribution in [0.15, 0.2) is 54.6 Å². The molecular formula is C16H15NO2. The van der Waals surface area contributed by atoms with Crippen LogP contribution in [0.1, 0.15) is 23.1 Å². The second-order valence-electron chi connectivity index (χ2n) is 4.85. The summed E-state index contributed by atoms with van der Waals surface area (Å²) >= 11 is 0. The van der Waals surface area contributed by atoms with Crippen molar-refractivity contribution in [1.29, 1.82) is 0 Å². The summed E-state index contributed by atoms with van der Waals surface area (Å²) in [4.78, 5) is 11.3. The minimum Gasteiger partial charge on any atom is -0.481 e. The zero-order chi connectivity index (χ0) is 13.3. The molecule has 0 saturated carbocycles. The van der Waals surface area contributed by atoms with E-state index in [0.29, 0.717) is 6.54 Å². The van der Waals surface area contributed by atoms with E-state index in [0.717, 1.165) is 11.1 Å². The van der Waals surface area contributed by atoms with E-state index < -0.39 is 11.5 Å². The van der Waals surface area contributed by atoms with E-state index in [9.17, 15) is 9.90 Å². The van der Waals surface area contributed by atoms with Crippen molar-refractivity contribution in [3.63, 3.8) is 0 Å². The van der Waals surface area contributed by atoms with Gasteiger partial charge in [-0.05, 0) is 16.7 Å². The van der Waals surface area contributed by atoms with E-state index in [-0.39, 0.29) is 6.42 Å². The van der Waals surface area contributed by atoms with Gasteiger partial charge in [0.25, 0.3) is 0 Å². The number of carboxylic acids is 1. The summed E-state index contributed by atoms with van der Waals surface area (Å²) < 4.78 is 0. The molecule has 0 spiro atoms. The molecule has 0 fully saturated rings. The van der Waals surface area contributed by atoms with Crippen LogP contribution in [0.4, 0.5) is 0 Å². The molecule has 2 aromatic carbocycles. The number of hydrogen-bond acceptors (Lipinski definition) is 2. The van der Waals surface area contributed by atoms with Crippen LogP contribution < -0.4 is 5.32 Å². The fourth-order valence-corrected chi connectivity index (χ4v) is 2.90. The lowest BCUT2D eigenvalue weighted by molar-refractivity contribution is -0.138. The maximum absolute atomic E-state index is 11.3. The van der Waals surface area contributed by atoms with Crippen LogP contribution in [0.5, 0.6) is 0 Å². The molecule has 0 aliphatic carbocycles. The zero-order valence-corrected chi connectivity index (χ0v) is 10.5. The molecule has 3 heteroatoms. The number of carbonyl (C=O) groups is 1. The van der Waals surface area contributed by atoms with Gasteiger partial charge < -0.3 is 5.11 Å². The second kappa shape index (κ2) is 4.52. The number of aliphatic carboxylic acids is 1. The molecule has 1 aliphatic heterocycles. The van der Waals surface area contributed by atoms with E-state index >= 15 is 0 Å². The Morgan fingerprint density at radius 2 is 1.79 bits per heavy atom. The Morgan fingerprint density at radius 1 is 1.11 bits per heavy atom. The van der Waals surface area contributed by atoms with Gasteiger partial charge in [0, 0.05) is 6.54 Å². The fraction of sp³-hybridized carbons (Fsp3) is 0.188. The molecule has 96 valence electrons. The molecule has 3 nitrogen and oxygen atoms in total. The molecule has 3 rings (SSSR count). The first-order valence-corrected chi connectivity index (χ1v) is 6.33. The Balaban J connectivity index is 2.17. The molecule has 1 atom stereocenters. The van der Waals surface area contributed by atoms with Crippen LogP contribution in [-0.4, -0.2) is 11.1 Å². The van der Waals surface area contributed by atoms with Crippen molar-refractivity contribution >= 4 is 5.97 Å². The topological polar surface area (TPSA) is 49.3 Å². The largest absolute Gasteiger partial charge is 0.481 e. The van der Waals surface area contributed by atoms with Gasteiger partial charge in [-0.3, -0.25) is 10.1 Å². The van der Waals surface area contributed by atoms with Gasteiger partial charge in [-0.15, -0.1) is 0 Å². The molecular weight excluding hydrogens is 238 g/mol. The summed E-state index contributed by atoms with van der Waals surface area (Å²) in [5, 5.41) is 12.7. The van der Waals surface area contributed by atoms with Gasteiger partial charge in [-0.2, -0.15) is 0 Å². The SMILES string of the molecule is O=C(O)CC1(c2ccccc2)NCc2ccccc21. The Kier molecular flexibility index (Phi) is 2.84. The standard InChI is InChI=1S/C16H15NO2/c18-15(19)10-16(13-7-2-1-3-8-13)14-9-5-4-6-12(14)11-17-16/h1-9,17H,10-11H2,(H,18,19). The van der Waals surface area contributed by atoms with Gasteiger partial charge in [0.2, 0.25) is 0 Å². The summed E-state index contributed by atoms with van der Waals surface area (Å²) in [5.74, 6) is -0.798. The molecule has 2 N–H and O–H groups in total. The maximum atomic E-state index is 11.3. The smallest absolute Gasteiger partial charge is 0.305 e. The first kappa shape index (κ1) is 11.9. The lowest BCUT2D eigenvalue weighted by atomic mass is 9.81. The van der Waals surface area contributed by atoms with E-state index in [4.69, 9.17) is 0 Å². The van der Waals surface area contributed by atoms with E-state index in [1.807, 2.05) is 48.5 Å². The number of benzene rings is 2. The highest BCUT2D eigenvalue weighted by Gasteiger charge is 2.41. The van der Waals surface area contributed by atoms with Gasteiger partial charge in [-0.25, -0.2) is 0 Å². The zero-order valence-electron chi connectivity index (χ0n) is 10.5. The average Bonchev–Trinajstić information content (AvgIpc) is 2.80. The minimum atomic E-state index is -0.798. The van der Waals surface area contributed by atoms with Crippen molar-refractivity contribution in [2.45, 2.75) is 18.5 Å². The molecule has 0 amide bonds. The van der Waals surface area contributed by atoms with Crippen molar-refractivity contribution in [1.82, 2.24) is 5.32 Å². The fourth-order valence-electron chi connectivity index (χ4n) is 2.90. The molecule has 2 aromatic rings. The van der Waals surface area contributed by atoms with Crippen LogP contribution >= 0.6 is 0 Å². The lowest BCUT2D eigenvalue weighted by Gasteiger charge is -2.30. The number of hydrogen-bond donors (Lipinski definition) is 2. The molecule has 1 heterocycles. The van der Waals surface area contributed by atoms with Crippen molar-refractivity contribution in [3.05, 3.63) is 71.3 Å².